The first-order valence-corrected chi connectivity index (χ1v) is 5.99. The van der Waals surface area contributed by atoms with Crippen molar-refractivity contribution in [2.45, 2.75) is 0 Å². The molecule has 1 aromatic carbocycles. The molecule has 6 nitrogen and oxygen atoms in total. The van der Waals surface area contributed by atoms with Crippen LogP contribution in [0.4, 0.5) is 0 Å². The van der Waals surface area contributed by atoms with Crippen molar-refractivity contribution in [2.75, 3.05) is 7.05 Å². The van der Waals surface area contributed by atoms with E-state index < -0.39 is 0 Å². The van der Waals surface area contributed by atoms with Gasteiger partial charge in [0.1, 0.15) is 0 Å². The molecule has 3 rings (SSSR count). The predicted molar refractivity (Wildman–Crippen MR) is 73.0 cm³/mol. The van der Waals surface area contributed by atoms with Crippen LogP contribution in [-0.2, 0) is 0 Å². The summed E-state index contributed by atoms with van der Waals surface area (Å²) in [4.78, 5) is 23.7. The molecule has 0 saturated heterocycles. The highest BCUT2D eigenvalue weighted by atomic mass is 16.3. The third kappa shape index (κ3) is 1.87. The van der Waals surface area contributed by atoms with Crippen LogP contribution in [0.25, 0.3) is 16.7 Å². The summed E-state index contributed by atoms with van der Waals surface area (Å²) in [6.45, 7) is 0. The summed E-state index contributed by atoms with van der Waals surface area (Å²) in [5, 5.41) is 7.06. The monoisotopic (exact) mass is 269 g/mol. The van der Waals surface area contributed by atoms with E-state index in [0.29, 0.717) is 22.2 Å². The van der Waals surface area contributed by atoms with Crippen molar-refractivity contribution in [1.82, 2.24) is 15.1 Å². The van der Waals surface area contributed by atoms with Crippen LogP contribution in [0.3, 0.4) is 0 Å². The van der Waals surface area contributed by atoms with Crippen LogP contribution in [0.5, 0.6) is 0 Å². The third-order valence-electron chi connectivity index (χ3n) is 3.01. The minimum absolute atomic E-state index is 0.179. The first-order chi connectivity index (χ1) is 9.70. The van der Waals surface area contributed by atoms with Gasteiger partial charge >= 0.3 is 0 Å². The molecule has 0 unspecified atom stereocenters. The number of rotatable bonds is 2. The molecule has 20 heavy (non-hydrogen) atoms. The molecule has 100 valence electrons. The van der Waals surface area contributed by atoms with Crippen LogP contribution in [-0.4, -0.2) is 22.7 Å². The number of hydrogen-bond acceptors (Lipinski definition) is 4. The van der Waals surface area contributed by atoms with Crippen LogP contribution < -0.4 is 10.9 Å². The number of hydrogen-bond donors (Lipinski definition) is 1. The summed E-state index contributed by atoms with van der Waals surface area (Å²) < 4.78 is 6.40. The highest BCUT2D eigenvalue weighted by molar-refractivity contribution is 5.94. The maximum atomic E-state index is 12.2. The molecule has 0 fully saturated rings. The van der Waals surface area contributed by atoms with Gasteiger partial charge in [-0.3, -0.25) is 9.59 Å². The lowest BCUT2D eigenvalue weighted by Crippen LogP contribution is -2.21. The second-order valence-electron chi connectivity index (χ2n) is 4.19. The van der Waals surface area contributed by atoms with E-state index in [1.165, 1.54) is 17.1 Å². The van der Waals surface area contributed by atoms with E-state index in [1.54, 1.807) is 37.4 Å². The molecule has 2 heterocycles. The van der Waals surface area contributed by atoms with E-state index in [4.69, 9.17) is 4.42 Å². The maximum Gasteiger partial charge on any atom is 0.282 e. The summed E-state index contributed by atoms with van der Waals surface area (Å²) in [7, 11) is 1.56. The average molecular weight is 269 g/mol. The highest BCUT2D eigenvalue weighted by Gasteiger charge is 2.09. The van der Waals surface area contributed by atoms with Crippen LogP contribution in [0.15, 0.2) is 52.0 Å². The van der Waals surface area contributed by atoms with E-state index >= 15 is 0 Å². The number of aromatic nitrogens is 2. The van der Waals surface area contributed by atoms with Crippen molar-refractivity contribution in [3.8, 4) is 5.69 Å². The van der Waals surface area contributed by atoms with Gasteiger partial charge in [0, 0.05) is 12.6 Å². The normalized spacial score (nSPS) is 10.7. The Bertz CT molecular complexity index is 831. The van der Waals surface area contributed by atoms with Gasteiger partial charge in [0.25, 0.3) is 11.5 Å². The van der Waals surface area contributed by atoms with Gasteiger partial charge < -0.3 is 9.73 Å². The summed E-state index contributed by atoms with van der Waals surface area (Å²) >= 11 is 0. The number of carbonyl (C=O) groups is 1. The molecule has 3 aromatic rings. The molecule has 0 aliphatic carbocycles. The number of fused-ring (bicyclic) bond motifs is 1. The van der Waals surface area contributed by atoms with Gasteiger partial charge in [-0.15, -0.1) is 0 Å². The van der Waals surface area contributed by atoms with Crippen molar-refractivity contribution < 1.29 is 9.21 Å². The van der Waals surface area contributed by atoms with Gasteiger partial charge in [0.2, 0.25) is 0 Å². The second kappa shape index (κ2) is 4.65. The SMILES string of the molecule is CNC(=O)c1ccc(-n2ncc3occc3c2=O)cc1. The molecular formula is C14H11N3O3. The molecule has 6 heteroatoms. The van der Waals surface area contributed by atoms with Gasteiger partial charge in [-0.05, 0) is 30.3 Å². The second-order valence-corrected chi connectivity index (χ2v) is 4.19. The van der Waals surface area contributed by atoms with Crippen LogP contribution in [0.2, 0.25) is 0 Å². The zero-order valence-corrected chi connectivity index (χ0v) is 10.7. The minimum atomic E-state index is -0.260. The Labute approximate surface area is 113 Å². The van der Waals surface area contributed by atoms with Gasteiger partial charge in [-0.1, -0.05) is 0 Å². The quantitative estimate of drug-likeness (QED) is 0.761. The van der Waals surface area contributed by atoms with Crippen molar-refractivity contribution in [3.05, 3.63) is 58.7 Å². The van der Waals surface area contributed by atoms with Crippen LogP contribution >= 0.6 is 0 Å². The zero-order chi connectivity index (χ0) is 14.1. The molecule has 0 spiro atoms. The summed E-state index contributed by atoms with van der Waals surface area (Å²) in [6, 6.07) is 8.23. The maximum absolute atomic E-state index is 12.2. The number of amides is 1. The number of nitrogens with one attached hydrogen (secondary N) is 1. The van der Waals surface area contributed by atoms with Gasteiger partial charge in [-0.2, -0.15) is 9.78 Å². The summed E-state index contributed by atoms with van der Waals surface area (Å²) in [6.07, 6.45) is 2.94. The highest BCUT2D eigenvalue weighted by Crippen LogP contribution is 2.11. The lowest BCUT2D eigenvalue weighted by atomic mass is 10.2. The average Bonchev–Trinajstić information content (AvgIpc) is 2.96. The van der Waals surface area contributed by atoms with Gasteiger partial charge in [0.05, 0.1) is 23.5 Å². The lowest BCUT2D eigenvalue weighted by Gasteiger charge is -2.05. The molecule has 0 atom stereocenters. The van der Waals surface area contributed by atoms with Crippen molar-refractivity contribution in [1.29, 1.82) is 0 Å². The number of carbonyl (C=O) groups excluding carboxylic acids is 1. The van der Waals surface area contributed by atoms with Crippen LogP contribution in [0.1, 0.15) is 10.4 Å². The smallest absolute Gasteiger partial charge is 0.282 e. The Hall–Kier alpha value is -2.89. The lowest BCUT2D eigenvalue weighted by molar-refractivity contribution is 0.0963. The molecule has 0 bridgehead atoms. The Morgan fingerprint density at radius 1 is 1.25 bits per heavy atom. The minimum Gasteiger partial charge on any atom is -0.462 e. The first kappa shape index (κ1) is 12.2. The third-order valence-corrected chi connectivity index (χ3v) is 3.01. The van der Waals surface area contributed by atoms with E-state index in [2.05, 4.69) is 10.4 Å². The van der Waals surface area contributed by atoms with E-state index in [0.717, 1.165) is 0 Å². The Morgan fingerprint density at radius 2 is 2.00 bits per heavy atom. The molecule has 0 saturated carbocycles. The summed E-state index contributed by atoms with van der Waals surface area (Å²) in [5.41, 5.74) is 1.30. The van der Waals surface area contributed by atoms with Gasteiger partial charge in [-0.25, -0.2) is 0 Å². The van der Waals surface area contributed by atoms with E-state index in [1.807, 2.05) is 0 Å². The zero-order valence-electron chi connectivity index (χ0n) is 10.7. The van der Waals surface area contributed by atoms with Crippen LogP contribution in [0, 0.1) is 0 Å². The van der Waals surface area contributed by atoms with Gasteiger partial charge in [0.15, 0.2) is 5.58 Å². The number of nitrogens with zero attached hydrogens (tertiary/aromatic N) is 2. The molecular weight excluding hydrogens is 258 g/mol. The van der Waals surface area contributed by atoms with E-state index in [9.17, 15) is 9.59 Å². The fraction of sp³-hybridized carbons (Fsp3) is 0.0714. The van der Waals surface area contributed by atoms with E-state index in [-0.39, 0.29) is 11.5 Å². The molecule has 0 radical (unpaired) electrons. The molecule has 2 aromatic heterocycles. The summed E-state index contributed by atoms with van der Waals surface area (Å²) in [5.74, 6) is -0.179. The first-order valence-electron chi connectivity index (χ1n) is 5.99. The molecule has 0 aliphatic heterocycles. The topological polar surface area (TPSA) is 77.1 Å². The standard InChI is InChI=1S/C14H11N3O3/c1-15-13(18)9-2-4-10(5-3-9)17-14(19)11-6-7-20-12(11)8-16-17/h2-8H,1H3,(H,15,18). The Morgan fingerprint density at radius 3 is 2.70 bits per heavy atom. The van der Waals surface area contributed by atoms with Crippen molar-refractivity contribution in [2.24, 2.45) is 0 Å². The van der Waals surface area contributed by atoms with Crippen molar-refractivity contribution in [3.63, 3.8) is 0 Å². The fourth-order valence-electron chi connectivity index (χ4n) is 1.96. The predicted octanol–water partition coefficient (Wildman–Crippen LogP) is 1.34. The number of benzene rings is 1. The molecule has 1 N–H and O–H groups in total. The van der Waals surface area contributed by atoms with Crippen molar-refractivity contribution >= 4 is 16.9 Å². The molecule has 0 aliphatic rings. The number of furan rings is 1. The largest absolute Gasteiger partial charge is 0.462 e. The Kier molecular flexibility index (Phi) is 2.83. The molecule has 1 amide bonds. The Balaban J connectivity index is 2.09. The fourth-order valence-corrected chi connectivity index (χ4v) is 1.96.